The van der Waals surface area contributed by atoms with Gasteiger partial charge in [0, 0.05) is 13.2 Å². The monoisotopic (exact) mass is 280 g/mol. The van der Waals surface area contributed by atoms with Crippen molar-refractivity contribution in [1.29, 1.82) is 0 Å². The average Bonchev–Trinajstić information content (AvgIpc) is 2.52. The first-order valence-electron chi connectivity index (χ1n) is 9.41. The summed E-state index contributed by atoms with van der Waals surface area (Å²) in [4.78, 5) is 0. The minimum atomic E-state index is 0.868. The maximum absolute atomic E-state index is 5.61. The lowest BCUT2D eigenvalue weighted by atomic mass is 9.69. The Bertz CT molecular complexity index is 208. The summed E-state index contributed by atoms with van der Waals surface area (Å²) in [6, 6.07) is 0. The van der Waals surface area contributed by atoms with E-state index < -0.39 is 0 Å². The van der Waals surface area contributed by atoms with Crippen LogP contribution in [0.2, 0.25) is 0 Å². The molecule has 0 aromatic rings. The van der Waals surface area contributed by atoms with Gasteiger partial charge in [-0.05, 0) is 69.1 Å². The molecule has 0 radical (unpaired) electrons. The first-order chi connectivity index (χ1) is 9.83. The van der Waals surface area contributed by atoms with Crippen LogP contribution < -0.4 is 0 Å². The van der Waals surface area contributed by atoms with Gasteiger partial charge in [-0.25, -0.2) is 0 Å². The standard InChI is InChI=1S/C19H36O/c1-3-5-6-16-7-11-18(12-8-16)19-13-9-17(10-14-19)15-20-4-2/h16-19H,3-15H2,1-2H3/t16?,17-,18?,19-. The van der Waals surface area contributed by atoms with Crippen molar-refractivity contribution >= 4 is 0 Å². The van der Waals surface area contributed by atoms with Crippen LogP contribution in [-0.2, 0) is 4.74 Å². The zero-order chi connectivity index (χ0) is 14.2. The van der Waals surface area contributed by atoms with Crippen LogP contribution in [0.4, 0.5) is 0 Å². The highest BCUT2D eigenvalue weighted by atomic mass is 16.5. The summed E-state index contributed by atoms with van der Waals surface area (Å²) < 4.78 is 5.61. The summed E-state index contributed by atoms with van der Waals surface area (Å²) in [5.41, 5.74) is 0. The van der Waals surface area contributed by atoms with E-state index in [1.165, 1.54) is 70.6 Å². The van der Waals surface area contributed by atoms with E-state index in [1.54, 1.807) is 0 Å². The van der Waals surface area contributed by atoms with Crippen molar-refractivity contribution < 1.29 is 4.74 Å². The average molecular weight is 280 g/mol. The number of rotatable bonds is 7. The molecule has 0 saturated heterocycles. The van der Waals surface area contributed by atoms with Gasteiger partial charge in [-0.1, -0.05) is 39.0 Å². The SMILES string of the molecule is CCCCC1CCC([C@H]2CC[C@H](COCC)CC2)CC1. The van der Waals surface area contributed by atoms with Gasteiger partial charge in [0.25, 0.3) is 0 Å². The molecule has 2 saturated carbocycles. The predicted molar refractivity (Wildman–Crippen MR) is 86.9 cm³/mol. The van der Waals surface area contributed by atoms with Crippen LogP contribution in [0.25, 0.3) is 0 Å². The summed E-state index contributed by atoms with van der Waals surface area (Å²) in [6.07, 6.45) is 16.3. The van der Waals surface area contributed by atoms with E-state index in [2.05, 4.69) is 13.8 Å². The molecule has 0 aromatic heterocycles. The zero-order valence-electron chi connectivity index (χ0n) is 13.9. The van der Waals surface area contributed by atoms with Crippen LogP contribution in [0.1, 0.15) is 84.5 Å². The van der Waals surface area contributed by atoms with E-state index in [0.29, 0.717) is 0 Å². The van der Waals surface area contributed by atoms with Gasteiger partial charge in [0.15, 0.2) is 0 Å². The third-order valence-electron chi connectivity index (χ3n) is 5.97. The fourth-order valence-corrected chi connectivity index (χ4v) is 4.55. The highest BCUT2D eigenvalue weighted by Crippen LogP contribution is 2.42. The molecule has 0 atom stereocenters. The Morgan fingerprint density at radius 2 is 1.30 bits per heavy atom. The maximum atomic E-state index is 5.61. The molecular weight excluding hydrogens is 244 g/mol. The molecule has 0 aliphatic heterocycles. The van der Waals surface area contributed by atoms with Gasteiger partial charge in [-0.3, -0.25) is 0 Å². The van der Waals surface area contributed by atoms with Gasteiger partial charge in [0.1, 0.15) is 0 Å². The quantitative estimate of drug-likeness (QED) is 0.570. The van der Waals surface area contributed by atoms with Gasteiger partial charge in [-0.15, -0.1) is 0 Å². The Labute approximate surface area is 126 Å². The van der Waals surface area contributed by atoms with Gasteiger partial charge < -0.3 is 4.74 Å². The van der Waals surface area contributed by atoms with Crippen molar-refractivity contribution in [3.05, 3.63) is 0 Å². The largest absolute Gasteiger partial charge is 0.381 e. The van der Waals surface area contributed by atoms with Crippen molar-refractivity contribution in [2.45, 2.75) is 84.5 Å². The molecule has 0 N–H and O–H groups in total. The third-order valence-corrected chi connectivity index (χ3v) is 5.97. The van der Waals surface area contributed by atoms with Gasteiger partial charge >= 0.3 is 0 Å². The van der Waals surface area contributed by atoms with E-state index >= 15 is 0 Å². The van der Waals surface area contributed by atoms with Crippen LogP contribution in [0, 0.1) is 23.7 Å². The maximum Gasteiger partial charge on any atom is 0.0494 e. The van der Waals surface area contributed by atoms with Crippen molar-refractivity contribution in [1.82, 2.24) is 0 Å². The van der Waals surface area contributed by atoms with E-state index in [9.17, 15) is 0 Å². The zero-order valence-corrected chi connectivity index (χ0v) is 13.9. The minimum absolute atomic E-state index is 0.868. The molecular formula is C19H36O. The molecule has 0 unspecified atom stereocenters. The van der Waals surface area contributed by atoms with E-state index in [4.69, 9.17) is 4.74 Å². The number of ether oxygens (including phenoxy) is 1. The summed E-state index contributed by atoms with van der Waals surface area (Å²) in [5, 5.41) is 0. The van der Waals surface area contributed by atoms with Gasteiger partial charge in [0.2, 0.25) is 0 Å². The van der Waals surface area contributed by atoms with Crippen LogP contribution in [0.3, 0.4) is 0 Å². The fraction of sp³-hybridized carbons (Fsp3) is 1.00. The van der Waals surface area contributed by atoms with E-state index in [0.717, 1.165) is 36.9 Å². The lowest BCUT2D eigenvalue weighted by Gasteiger charge is -2.37. The Balaban J connectivity index is 1.63. The van der Waals surface area contributed by atoms with Crippen LogP contribution in [0.15, 0.2) is 0 Å². The molecule has 0 heterocycles. The van der Waals surface area contributed by atoms with Gasteiger partial charge in [-0.2, -0.15) is 0 Å². The van der Waals surface area contributed by atoms with Crippen molar-refractivity contribution in [2.24, 2.45) is 23.7 Å². The Morgan fingerprint density at radius 1 is 0.750 bits per heavy atom. The summed E-state index contributed by atoms with van der Waals surface area (Å²) in [7, 11) is 0. The molecule has 2 aliphatic rings. The predicted octanol–water partition coefficient (Wildman–Crippen LogP) is 5.83. The first-order valence-corrected chi connectivity index (χ1v) is 9.41. The highest BCUT2D eigenvalue weighted by Gasteiger charge is 2.30. The number of unbranched alkanes of at least 4 members (excludes halogenated alkanes) is 1. The first kappa shape index (κ1) is 16.3. The summed E-state index contributed by atoms with van der Waals surface area (Å²) in [5.74, 6) is 4.06. The lowest BCUT2D eigenvalue weighted by molar-refractivity contribution is 0.0710. The topological polar surface area (TPSA) is 9.23 Å². The second kappa shape index (κ2) is 9.07. The fourth-order valence-electron chi connectivity index (χ4n) is 4.55. The smallest absolute Gasteiger partial charge is 0.0494 e. The van der Waals surface area contributed by atoms with Gasteiger partial charge in [0.05, 0.1) is 0 Å². The van der Waals surface area contributed by atoms with Crippen molar-refractivity contribution in [3.8, 4) is 0 Å². The second-order valence-electron chi connectivity index (χ2n) is 7.36. The molecule has 0 aromatic carbocycles. The van der Waals surface area contributed by atoms with E-state index in [-0.39, 0.29) is 0 Å². The van der Waals surface area contributed by atoms with Crippen LogP contribution in [-0.4, -0.2) is 13.2 Å². The molecule has 1 heteroatoms. The Kier molecular flexibility index (Phi) is 7.41. The van der Waals surface area contributed by atoms with Crippen molar-refractivity contribution in [3.63, 3.8) is 0 Å². The molecule has 0 bridgehead atoms. The van der Waals surface area contributed by atoms with Crippen molar-refractivity contribution in [2.75, 3.05) is 13.2 Å². The van der Waals surface area contributed by atoms with Crippen LogP contribution >= 0.6 is 0 Å². The summed E-state index contributed by atoms with van der Waals surface area (Å²) in [6.45, 7) is 6.35. The normalized spacial score (nSPS) is 35.1. The highest BCUT2D eigenvalue weighted by molar-refractivity contribution is 4.82. The molecule has 118 valence electrons. The van der Waals surface area contributed by atoms with Crippen LogP contribution in [0.5, 0.6) is 0 Å². The number of hydrogen-bond donors (Lipinski definition) is 0. The third kappa shape index (κ3) is 5.06. The van der Waals surface area contributed by atoms with E-state index in [1.807, 2.05) is 0 Å². The lowest BCUT2D eigenvalue weighted by Crippen LogP contribution is -2.27. The Morgan fingerprint density at radius 3 is 1.80 bits per heavy atom. The minimum Gasteiger partial charge on any atom is -0.381 e. The number of hydrogen-bond acceptors (Lipinski definition) is 1. The Hall–Kier alpha value is -0.0400. The summed E-state index contributed by atoms with van der Waals surface area (Å²) >= 11 is 0. The molecule has 2 aliphatic carbocycles. The second-order valence-corrected chi connectivity index (χ2v) is 7.36. The molecule has 1 nitrogen and oxygen atoms in total. The molecule has 2 rings (SSSR count). The molecule has 2 fully saturated rings. The molecule has 20 heavy (non-hydrogen) atoms. The molecule has 0 spiro atoms. The molecule has 0 amide bonds.